The van der Waals surface area contributed by atoms with Crippen molar-refractivity contribution in [3.63, 3.8) is 0 Å². The molecule has 0 unspecified atom stereocenters. The van der Waals surface area contributed by atoms with Crippen molar-refractivity contribution in [2.24, 2.45) is 5.16 Å². The average Bonchev–Trinajstić information content (AvgIpc) is 2.78. The van der Waals surface area contributed by atoms with E-state index in [0.29, 0.717) is 5.71 Å². The number of hydrogen-bond donors (Lipinski definition) is 2. The number of para-hydroxylation sites is 1. The summed E-state index contributed by atoms with van der Waals surface area (Å²) in [5.74, 6) is 0. The average molecular weight is 379 g/mol. The van der Waals surface area contributed by atoms with Gasteiger partial charge in [0, 0.05) is 11.1 Å². The molecule has 0 atom stereocenters. The molecule has 4 rings (SSSR count). The summed E-state index contributed by atoms with van der Waals surface area (Å²) in [7, 11) is 0. The molecule has 0 saturated carbocycles. The predicted molar refractivity (Wildman–Crippen MR) is 121 cm³/mol. The van der Waals surface area contributed by atoms with Crippen LogP contribution in [0.5, 0.6) is 0 Å². The largest absolute Gasteiger partial charge is 0.411 e. The molecular formula is C25H21N3O. The van der Waals surface area contributed by atoms with Gasteiger partial charge in [0.1, 0.15) is 0 Å². The van der Waals surface area contributed by atoms with Gasteiger partial charge in [-0.15, -0.1) is 0 Å². The molecule has 0 spiro atoms. The summed E-state index contributed by atoms with van der Waals surface area (Å²) in [5, 5.41) is 16.7. The molecule has 0 radical (unpaired) electrons. The lowest BCUT2D eigenvalue weighted by Gasteiger charge is -2.11. The molecule has 4 aromatic rings. The molecule has 1 aromatic heterocycles. The molecule has 142 valence electrons. The molecule has 29 heavy (non-hydrogen) atoms. The van der Waals surface area contributed by atoms with E-state index in [-0.39, 0.29) is 0 Å². The highest BCUT2D eigenvalue weighted by Gasteiger charge is 2.06. The van der Waals surface area contributed by atoms with E-state index in [2.05, 4.69) is 40.8 Å². The third kappa shape index (κ3) is 4.33. The summed E-state index contributed by atoms with van der Waals surface area (Å²) in [6.45, 7) is 1.77. The Hall–Kier alpha value is -3.92. The van der Waals surface area contributed by atoms with Crippen molar-refractivity contribution < 1.29 is 5.21 Å². The first-order valence-corrected chi connectivity index (χ1v) is 9.42. The number of pyridine rings is 1. The summed E-state index contributed by atoms with van der Waals surface area (Å²) in [4.78, 5) is 4.77. The van der Waals surface area contributed by atoms with Gasteiger partial charge in [-0.25, -0.2) is 4.98 Å². The zero-order valence-corrected chi connectivity index (χ0v) is 16.1. The molecule has 1 heterocycles. The Labute approximate surface area is 169 Å². The number of hydrogen-bond acceptors (Lipinski definition) is 4. The Bertz CT molecular complexity index is 1180. The van der Waals surface area contributed by atoms with E-state index >= 15 is 0 Å². The summed E-state index contributed by atoms with van der Waals surface area (Å²) in [6.07, 6.45) is 4.09. The number of aromatic nitrogens is 1. The Morgan fingerprint density at radius 2 is 1.62 bits per heavy atom. The van der Waals surface area contributed by atoms with Gasteiger partial charge in [-0.2, -0.15) is 0 Å². The lowest BCUT2D eigenvalue weighted by Crippen LogP contribution is -1.97. The third-order valence-corrected chi connectivity index (χ3v) is 4.71. The van der Waals surface area contributed by atoms with Crippen LogP contribution in [-0.2, 0) is 0 Å². The van der Waals surface area contributed by atoms with Crippen molar-refractivity contribution in [2.75, 3.05) is 5.32 Å². The van der Waals surface area contributed by atoms with E-state index in [1.165, 1.54) is 0 Å². The van der Waals surface area contributed by atoms with Crippen LogP contribution in [0.15, 0.2) is 90.1 Å². The van der Waals surface area contributed by atoms with Crippen LogP contribution in [0.4, 0.5) is 11.4 Å². The predicted octanol–water partition coefficient (Wildman–Crippen LogP) is 6.35. The smallest absolute Gasteiger partial charge is 0.0836 e. The summed E-state index contributed by atoms with van der Waals surface area (Å²) in [6, 6.07) is 28.1. The molecule has 0 aliphatic rings. The van der Waals surface area contributed by atoms with Crippen molar-refractivity contribution in [2.45, 2.75) is 6.92 Å². The molecular weight excluding hydrogens is 358 g/mol. The second kappa shape index (κ2) is 8.40. The van der Waals surface area contributed by atoms with Crippen molar-refractivity contribution in [1.82, 2.24) is 4.98 Å². The Kier molecular flexibility index (Phi) is 5.34. The van der Waals surface area contributed by atoms with Crippen LogP contribution in [-0.4, -0.2) is 15.9 Å². The molecule has 4 nitrogen and oxygen atoms in total. The van der Waals surface area contributed by atoms with Crippen LogP contribution in [0.3, 0.4) is 0 Å². The highest BCUT2D eigenvalue weighted by molar-refractivity contribution is 5.99. The van der Waals surface area contributed by atoms with Crippen molar-refractivity contribution in [1.29, 1.82) is 0 Å². The fourth-order valence-electron chi connectivity index (χ4n) is 3.14. The number of oxime groups is 1. The fraction of sp³-hybridized carbons (Fsp3) is 0.0400. The first-order valence-electron chi connectivity index (χ1n) is 9.42. The number of fused-ring (bicyclic) bond motifs is 1. The van der Waals surface area contributed by atoms with Crippen LogP contribution in [0.25, 0.3) is 23.1 Å². The molecule has 0 aliphatic carbocycles. The maximum Gasteiger partial charge on any atom is 0.0836 e. The van der Waals surface area contributed by atoms with Crippen LogP contribution in [0.1, 0.15) is 23.7 Å². The van der Waals surface area contributed by atoms with E-state index < -0.39 is 0 Å². The van der Waals surface area contributed by atoms with Gasteiger partial charge in [-0.3, -0.25) is 0 Å². The van der Waals surface area contributed by atoms with Crippen LogP contribution >= 0.6 is 0 Å². The van der Waals surface area contributed by atoms with Gasteiger partial charge in [-0.05, 0) is 48.4 Å². The van der Waals surface area contributed by atoms with E-state index in [1.54, 1.807) is 6.92 Å². The van der Waals surface area contributed by atoms with E-state index in [4.69, 9.17) is 10.2 Å². The topological polar surface area (TPSA) is 57.5 Å². The molecule has 0 aliphatic heterocycles. The number of nitrogens with zero attached hydrogens (tertiary/aromatic N) is 2. The maximum atomic E-state index is 8.93. The quantitative estimate of drug-likeness (QED) is 0.241. The van der Waals surface area contributed by atoms with Crippen LogP contribution < -0.4 is 5.32 Å². The zero-order chi connectivity index (χ0) is 20.1. The number of benzene rings is 3. The first-order chi connectivity index (χ1) is 14.2. The highest BCUT2D eigenvalue weighted by Crippen LogP contribution is 2.27. The second-order valence-corrected chi connectivity index (χ2v) is 6.74. The minimum atomic E-state index is 0.583. The van der Waals surface area contributed by atoms with Gasteiger partial charge in [0.05, 0.1) is 22.6 Å². The molecule has 4 heteroatoms. The first kappa shape index (κ1) is 18.4. The standard InChI is InChI=1S/C25H21N3O/c1-18(28-29)20-12-15-21(16-13-20)26-25-17-22(14-11-19-7-3-2-4-8-19)27-24-10-6-5-9-23(24)25/h2-17,29H,1H3,(H,26,27)/b14-11+,28-18-. The van der Waals surface area contributed by atoms with E-state index in [9.17, 15) is 0 Å². The van der Waals surface area contributed by atoms with Crippen molar-refractivity contribution in [3.8, 4) is 0 Å². The monoisotopic (exact) mass is 379 g/mol. The molecule has 0 amide bonds. The summed E-state index contributed by atoms with van der Waals surface area (Å²) < 4.78 is 0. The highest BCUT2D eigenvalue weighted by atomic mass is 16.4. The molecule has 0 bridgehead atoms. The second-order valence-electron chi connectivity index (χ2n) is 6.74. The summed E-state index contributed by atoms with van der Waals surface area (Å²) >= 11 is 0. The molecule has 0 saturated heterocycles. The number of anilines is 2. The molecule has 2 N–H and O–H groups in total. The number of rotatable bonds is 5. The third-order valence-electron chi connectivity index (χ3n) is 4.71. The Balaban J connectivity index is 1.68. The Morgan fingerprint density at radius 3 is 2.38 bits per heavy atom. The molecule has 3 aromatic carbocycles. The lowest BCUT2D eigenvalue weighted by molar-refractivity contribution is 0.319. The van der Waals surface area contributed by atoms with Crippen LogP contribution in [0.2, 0.25) is 0 Å². The van der Waals surface area contributed by atoms with Gasteiger partial charge in [0.25, 0.3) is 0 Å². The van der Waals surface area contributed by atoms with Crippen LogP contribution in [0, 0.1) is 0 Å². The van der Waals surface area contributed by atoms with Crippen molar-refractivity contribution in [3.05, 3.63) is 102 Å². The SMILES string of the molecule is C/C(=N/O)c1ccc(Nc2cc(/C=C/c3ccccc3)nc3ccccc23)cc1. The minimum Gasteiger partial charge on any atom is -0.411 e. The van der Waals surface area contributed by atoms with Crippen molar-refractivity contribution >= 4 is 40.1 Å². The fourth-order valence-corrected chi connectivity index (χ4v) is 3.14. The zero-order valence-electron chi connectivity index (χ0n) is 16.1. The van der Waals surface area contributed by atoms with E-state index in [0.717, 1.165) is 39.1 Å². The summed E-state index contributed by atoms with van der Waals surface area (Å²) in [5.41, 5.74) is 6.36. The van der Waals surface area contributed by atoms with E-state index in [1.807, 2.05) is 66.7 Å². The number of nitrogens with one attached hydrogen (secondary N) is 1. The normalized spacial score (nSPS) is 11.8. The van der Waals surface area contributed by atoms with Gasteiger partial charge in [0.15, 0.2) is 0 Å². The molecule has 0 fully saturated rings. The van der Waals surface area contributed by atoms with Gasteiger partial charge < -0.3 is 10.5 Å². The Morgan fingerprint density at radius 1 is 0.897 bits per heavy atom. The van der Waals surface area contributed by atoms with Gasteiger partial charge >= 0.3 is 0 Å². The van der Waals surface area contributed by atoms with Gasteiger partial charge in [-0.1, -0.05) is 71.9 Å². The lowest BCUT2D eigenvalue weighted by atomic mass is 10.1. The minimum absolute atomic E-state index is 0.583. The van der Waals surface area contributed by atoms with Gasteiger partial charge in [0.2, 0.25) is 0 Å². The maximum absolute atomic E-state index is 8.93.